The molecule has 0 saturated carbocycles. The van der Waals surface area contributed by atoms with E-state index < -0.39 is 10.0 Å². The van der Waals surface area contributed by atoms with Crippen LogP contribution in [0, 0.1) is 0 Å². The molecule has 1 saturated heterocycles. The highest BCUT2D eigenvalue weighted by atomic mass is 32.2. The molecule has 0 radical (unpaired) electrons. The molecule has 1 fully saturated rings. The minimum Gasteiger partial charge on any atom is -0.497 e. The molecule has 31 heavy (non-hydrogen) atoms. The minimum absolute atomic E-state index is 0.211. The molecule has 2 heterocycles. The third kappa shape index (κ3) is 4.97. The molecule has 2 aromatic carbocycles. The fraction of sp³-hybridized carbons (Fsp3) is 0.333. The maximum Gasteiger partial charge on any atom is 0.264 e. The van der Waals surface area contributed by atoms with Crippen LogP contribution in [0.15, 0.2) is 47.4 Å². The molecule has 0 spiro atoms. The third-order valence-electron chi connectivity index (χ3n) is 4.99. The Morgan fingerprint density at radius 1 is 1.10 bits per heavy atom. The summed E-state index contributed by atoms with van der Waals surface area (Å²) in [7, 11) is -1.89. The first-order valence-electron chi connectivity index (χ1n) is 9.93. The van der Waals surface area contributed by atoms with Crippen molar-refractivity contribution >= 4 is 42.6 Å². The number of hydrogen-bond donors (Lipinski definition) is 1. The number of aromatic nitrogens is 1. The first kappa shape index (κ1) is 21.5. The Bertz CT molecular complexity index is 1170. The number of piperidine rings is 1. The largest absolute Gasteiger partial charge is 0.497 e. The fourth-order valence-corrected chi connectivity index (χ4v) is 5.78. The van der Waals surface area contributed by atoms with Crippen molar-refractivity contribution < 1.29 is 22.7 Å². The van der Waals surface area contributed by atoms with E-state index >= 15 is 0 Å². The molecule has 1 aliphatic heterocycles. The summed E-state index contributed by atoms with van der Waals surface area (Å²) in [6, 6.07) is 11.7. The van der Waals surface area contributed by atoms with Crippen LogP contribution in [0.4, 0.5) is 5.13 Å². The van der Waals surface area contributed by atoms with Crippen LogP contribution in [-0.4, -0.2) is 50.4 Å². The first-order chi connectivity index (χ1) is 15.0. The Hall–Kier alpha value is -2.69. The molecule has 1 N–H and O–H groups in total. The zero-order chi connectivity index (χ0) is 21.8. The molecule has 10 heteroatoms. The molecule has 8 nitrogen and oxygen atoms in total. The highest BCUT2D eigenvalue weighted by molar-refractivity contribution is 7.89. The lowest BCUT2D eigenvalue weighted by Gasteiger charge is -2.25. The van der Waals surface area contributed by atoms with E-state index in [-0.39, 0.29) is 17.4 Å². The summed E-state index contributed by atoms with van der Waals surface area (Å²) in [6.07, 6.45) is 2.83. The van der Waals surface area contributed by atoms with Crippen LogP contribution in [0.25, 0.3) is 10.2 Å². The van der Waals surface area contributed by atoms with Crippen molar-refractivity contribution in [2.75, 3.05) is 32.1 Å². The number of benzene rings is 2. The number of hydrogen-bond acceptors (Lipinski definition) is 7. The van der Waals surface area contributed by atoms with Crippen molar-refractivity contribution in [1.82, 2.24) is 9.29 Å². The second-order valence-corrected chi connectivity index (χ2v) is 10.1. The Morgan fingerprint density at radius 3 is 2.52 bits per heavy atom. The SMILES string of the molecule is COc1ccc2nc(NC(=O)COc3ccc(S(=O)(=O)N4CCCCC4)cc3)sc2c1. The number of carbonyl (C=O) groups excluding carboxylic acids is 1. The van der Waals surface area contributed by atoms with E-state index in [1.165, 1.54) is 27.8 Å². The summed E-state index contributed by atoms with van der Waals surface area (Å²) >= 11 is 1.35. The Kier molecular flexibility index (Phi) is 6.40. The van der Waals surface area contributed by atoms with Gasteiger partial charge in [-0.05, 0) is 55.3 Å². The highest BCUT2D eigenvalue weighted by Gasteiger charge is 2.25. The molecule has 0 atom stereocenters. The summed E-state index contributed by atoms with van der Waals surface area (Å²) in [5, 5.41) is 3.19. The van der Waals surface area contributed by atoms with E-state index in [9.17, 15) is 13.2 Å². The van der Waals surface area contributed by atoms with E-state index in [1.54, 1.807) is 19.2 Å². The number of nitrogens with one attached hydrogen (secondary N) is 1. The number of anilines is 1. The molecule has 1 amide bonds. The standard InChI is InChI=1S/C21H23N3O5S2/c1-28-16-7-10-18-19(13-16)30-21(22-18)23-20(25)14-29-15-5-8-17(9-6-15)31(26,27)24-11-3-2-4-12-24/h5-10,13H,2-4,11-12,14H2,1H3,(H,22,23,25). The average Bonchev–Trinajstić information content (AvgIpc) is 3.19. The van der Waals surface area contributed by atoms with Crippen LogP contribution in [0.3, 0.4) is 0 Å². The molecule has 164 valence electrons. The van der Waals surface area contributed by atoms with Crippen molar-refractivity contribution in [3.05, 3.63) is 42.5 Å². The number of methoxy groups -OCH3 is 1. The zero-order valence-electron chi connectivity index (χ0n) is 17.0. The minimum atomic E-state index is -3.49. The molecule has 0 unspecified atom stereocenters. The number of nitrogens with zero attached hydrogens (tertiary/aromatic N) is 2. The molecule has 1 aliphatic rings. The highest BCUT2D eigenvalue weighted by Crippen LogP contribution is 2.29. The van der Waals surface area contributed by atoms with Crippen LogP contribution in [0.2, 0.25) is 0 Å². The van der Waals surface area contributed by atoms with Crippen molar-refractivity contribution in [2.24, 2.45) is 0 Å². The van der Waals surface area contributed by atoms with Gasteiger partial charge in [-0.15, -0.1) is 0 Å². The van der Waals surface area contributed by atoms with Crippen molar-refractivity contribution in [3.63, 3.8) is 0 Å². The normalized spacial score (nSPS) is 15.0. The van der Waals surface area contributed by atoms with Crippen LogP contribution in [-0.2, 0) is 14.8 Å². The molecular formula is C21H23N3O5S2. The van der Waals surface area contributed by atoms with Crippen LogP contribution < -0.4 is 14.8 Å². The van der Waals surface area contributed by atoms with Gasteiger partial charge in [-0.25, -0.2) is 13.4 Å². The second kappa shape index (κ2) is 9.21. The predicted octanol–water partition coefficient (Wildman–Crippen LogP) is 3.50. The van der Waals surface area contributed by atoms with Crippen LogP contribution in [0.5, 0.6) is 11.5 Å². The summed E-state index contributed by atoms with van der Waals surface area (Å²) in [5.41, 5.74) is 0.771. The molecule has 3 aromatic rings. The van der Waals surface area contributed by atoms with E-state index in [0.717, 1.165) is 35.2 Å². The maximum atomic E-state index is 12.7. The number of carbonyl (C=O) groups is 1. The van der Waals surface area contributed by atoms with Gasteiger partial charge in [0.25, 0.3) is 5.91 Å². The summed E-state index contributed by atoms with van der Waals surface area (Å²) < 4.78 is 38.5. The number of fused-ring (bicyclic) bond motifs is 1. The quantitative estimate of drug-likeness (QED) is 0.578. The number of thiazole rings is 1. The Morgan fingerprint density at radius 2 is 1.81 bits per heavy atom. The molecule has 0 bridgehead atoms. The predicted molar refractivity (Wildman–Crippen MR) is 119 cm³/mol. The summed E-state index contributed by atoms with van der Waals surface area (Å²) in [4.78, 5) is 16.8. The van der Waals surface area contributed by atoms with Gasteiger partial charge >= 0.3 is 0 Å². The van der Waals surface area contributed by atoms with E-state index in [4.69, 9.17) is 9.47 Å². The topological polar surface area (TPSA) is 97.8 Å². The van der Waals surface area contributed by atoms with Crippen molar-refractivity contribution in [3.8, 4) is 11.5 Å². The number of rotatable bonds is 7. The average molecular weight is 462 g/mol. The number of amides is 1. The zero-order valence-corrected chi connectivity index (χ0v) is 18.7. The van der Waals surface area contributed by atoms with Gasteiger partial charge in [-0.2, -0.15) is 4.31 Å². The van der Waals surface area contributed by atoms with Gasteiger partial charge in [0.2, 0.25) is 10.0 Å². The van der Waals surface area contributed by atoms with Gasteiger partial charge in [0, 0.05) is 13.1 Å². The van der Waals surface area contributed by atoms with Gasteiger partial charge in [-0.3, -0.25) is 10.1 Å². The Balaban J connectivity index is 1.34. The number of sulfonamides is 1. The van der Waals surface area contributed by atoms with Gasteiger partial charge in [-0.1, -0.05) is 17.8 Å². The van der Waals surface area contributed by atoms with Gasteiger partial charge in [0.05, 0.1) is 22.2 Å². The van der Waals surface area contributed by atoms with Crippen molar-refractivity contribution in [2.45, 2.75) is 24.2 Å². The summed E-state index contributed by atoms with van der Waals surface area (Å²) in [6.45, 7) is 0.899. The Labute approximate surface area is 184 Å². The lowest BCUT2D eigenvalue weighted by atomic mass is 10.2. The molecule has 4 rings (SSSR count). The van der Waals surface area contributed by atoms with Crippen molar-refractivity contribution in [1.29, 1.82) is 0 Å². The third-order valence-corrected chi connectivity index (χ3v) is 7.83. The lowest BCUT2D eigenvalue weighted by Crippen LogP contribution is -2.35. The fourth-order valence-electron chi connectivity index (χ4n) is 3.35. The van der Waals surface area contributed by atoms with Gasteiger partial charge in [0.1, 0.15) is 11.5 Å². The van der Waals surface area contributed by atoms with Gasteiger partial charge < -0.3 is 9.47 Å². The van der Waals surface area contributed by atoms with Crippen LogP contribution >= 0.6 is 11.3 Å². The van der Waals surface area contributed by atoms with E-state index in [1.807, 2.05) is 18.2 Å². The molecule has 0 aliphatic carbocycles. The van der Waals surface area contributed by atoms with Gasteiger partial charge in [0.15, 0.2) is 11.7 Å². The van der Waals surface area contributed by atoms with E-state index in [0.29, 0.717) is 24.0 Å². The lowest BCUT2D eigenvalue weighted by molar-refractivity contribution is -0.118. The number of ether oxygens (including phenoxy) is 2. The molecule has 1 aromatic heterocycles. The molecular weight excluding hydrogens is 438 g/mol. The summed E-state index contributed by atoms with van der Waals surface area (Å²) in [5.74, 6) is 0.793. The van der Waals surface area contributed by atoms with Crippen LogP contribution in [0.1, 0.15) is 19.3 Å². The second-order valence-electron chi connectivity index (χ2n) is 7.13. The first-order valence-corrected chi connectivity index (χ1v) is 12.2. The maximum absolute atomic E-state index is 12.7. The van der Waals surface area contributed by atoms with E-state index in [2.05, 4.69) is 10.3 Å². The monoisotopic (exact) mass is 461 g/mol. The smallest absolute Gasteiger partial charge is 0.264 e.